The van der Waals surface area contributed by atoms with Gasteiger partial charge in [-0.1, -0.05) is 134 Å². The van der Waals surface area contributed by atoms with Gasteiger partial charge in [0, 0.05) is 12.8 Å². The zero-order valence-corrected chi connectivity index (χ0v) is 32.1. The van der Waals surface area contributed by atoms with Gasteiger partial charge in [-0.2, -0.15) is 0 Å². The summed E-state index contributed by atoms with van der Waals surface area (Å²) in [5, 5.41) is 21.5. The van der Waals surface area contributed by atoms with Crippen LogP contribution in [0.15, 0.2) is 24.3 Å². The lowest BCUT2D eigenvalue weighted by Gasteiger charge is -2.18. The summed E-state index contributed by atoms with van der Waals surface area (Å²) in [6.45, 7) is 2.32. The zero-order chi connectivity index (χ0) is 37.1. The van der Waals surface area contributed by atoms with Crippen molar-refractivity contribution in [1.82, 2.24) is 5.32 Å². The smallest absolute Gasteiger partial charge is 0.472 e. The predicted octanol–water partition coefficient (Wildman–Crippen LogP) is 9.11. The fourth-order valence-corrected chi connectivity index (χ4v) is 5.94. The minimum absolute atomic E-state index is 0.132. The number of phosphoric acid groups is 1. The first-order valence-electron chi connectivity index (χ1n) is 19.4. The summed E-state index contributed by atoms with van der Waals surface area (Å²) in [5.74, 6) is -2.41. The van der Waals surface area contributed by atoms with Crippen molar-refractivity contribution in [1.29, 1.82) is 0 Å². The fourth-order valence-electron chi connectivity index (χ4n) is 5.17. The molecule has 0 aliphatic carbocycles. The van der Waals surface area contributed by atoms with E-state index in [-0.39, 0.29) is 12.8 Å². The molecule has 0 aliphatic rings. The van der Waals surface area contributed by atoms with Gasteiger partial charge in [-0.15, -0.1) is 0 Å². The summed E-state index contributed by atoms with van der Waals surface area (Å²) in [6, 6.07) is -1.54. The molecule has 11 nitrogen and oxygen atoms in total. The van der Waals surface area contributed by atoms with E-state index in [1.165, 1.54) is 89.9 Å². The van der Waals surface area contributed by atoms with Crippen LogP contribution in [0, 0.1) is 0 Å². The van der Waals surface area contributed by atoms with Crippen LogP contribution in [0.4, 0.5) is 0 Å². The van der Waals surface area contributed by atoms with Crippen LogP contribution < -0.4 is 5.32 Å². The van der Waals surface area contributed by atoms with Gasteiger partial charge >= 0.3 is 19.8 Å². The largest absolute Gasteiger partial charge is 0.480 e. The summed E-state index contributed by atoms with van der Waals surface area (Å²) in [6.07, 6.45) is 33.4. The third-order valence-corrected chi connectivity index (χ3v) is 9.19. The number of aliphatic carboxylic acids is 1. The lowest BCUT2D eigenvalue weighted by molar-refractivity contribution is -0.147. The maximum atomic E-state index is 12.1. The van der Waals surface area contributed by atoms with Crippen molar-refractivity contribution < 1.29 is 47.8 Å². The van der Waals surface area contributed by atoms with Crippen LogP contribution in [0.25, 0.3) is 0 Å². The van der Waals surface area contributed by atoms with Crippen LogP contribution in [-0.2, 0) is 32.7 Å². The molecule has 4 N–H and O–H groups in total. The van der Waals surface area contributed by atoms with Crippen molar-refractivity contribution in [2.45, 2.75) is 180 Å². The van der Waals surface area contributed by atoms with Gasteiger partial charge in [-0.25, -0.2) is 9.36 Å². The van der Waals surface area contributed by atoms with Crippen molar-refractivity contribution in [3.05, 3.63) is 24.3 Å². The lowest BCUT2D eigenvalue weighted by atomic mass is 10.0. The number of allylic oxidation sites excluding steroid dienone is 4. The van der Waals surface area contributed by atoms with Gasteiger partial charge in [0.1, 0.15) is 12.7 Å². The van der Waals surface area contributed by atoms with Crippen LogP contribution in [0.3, 0.4) is 0 Å². The fraction of sp³-hybridized carbons (Fsp3) is 0.816. The normalized spacial score (nSPS) is 14.2. The van der Waals surface area contributed by atoms with Crippen molar-refractivity contribution in [2.24, 2.45) is 0 Å². The number of aliphatic hydroxyl groups is 1. The first kappa shape index (κ1) is 48.0. The minimum atomic E-state index is -4.73. The molecule has 1 amide bonds. The van der Waals surface area contributed by atoms with Crippen molar-refractivity contribution in [2.75, 3.05) is 19.8 Å². The Bertz CT molecular complexity index is 958. The Morgan fingerprint density at radius 3 is 1.64 bits per heavy atom. The SMILES string of the molecule is CCCCC/C=C\C/C=C\CCCCCCCCCCCCCCCC(=O)OCC(O)COP(=O)(O)OCC(NC(=O)CCCCC)C(=O)O. The second kappa shape index (κ2) is 34.1. The number of rotatable bonds is 36. The van der Waals surface area contributed by atoms with E-state index in [1.54, 1.807) is 0 Å². The van der Waals surface area contributed by atoms with Gasteiger partial charge in [0.25, 0.3) is 0 Å². The molecule has 0 saturated carbocycles. The molecule has 0 fully saturated rings. The molecule has 0 spiro atoms. The van der Waals surface area contributed by atoms with Gasteiger partial charge in [0.2, 0.25) is 5.91 Å². The standard InChI is InChI=1S/C38H70NO10P/c1-3-5-7-8-9-10-11-12-13-14-15-16-17-18-19-20-21-22-23-24-25-26-28-30-37(42)47-31-34(40)32-48-50(45,46)49-33-35(38(43)44)39-36(41)29-27-6-4-2/h9-10,12-13,34-35,40H,3-8,11,14-33H2,1-2H3,(H,39,41)(H,43,44)(H,45,46)/b10-9-,13-12-. The van der Waals surface area contributed by atoms with Gasteiger partial charge in [-0.3, -0.25) is 18.6 Å². The molecule has 0 aromatic heterocycles. The van der Waals surface area contributed by atoms with E-state index >= 15 is 0 Å². The lowest BCUT2D eigenvalue weighted by Crippen LogP contribution is -2.43. The Morgan fingerprint density at radius 1 is 0.640 bits per heavy atom. The van der Waals surface area contributed by atoms with E-state index in [4.69, 9.17) is 4.74 Å². The summed E-state index contributed by atoms with van der Waals surface area (Å²) in [4.78, 5) is 45.0. The summed E-state index contributed by atoms with van der Waals surface area (Å²) >= 11 is 0. The number of nitrogens with one attached hydrogen (secondary N) is 1. The Morgan fingerprint density at radius 2 is 1.10 bits per heavy atom. The topological polar surface area (TPSA) is 169 Å². The summed E-state index contributed by atoms with van der Waals surface area (Å²) < 4.78 is 26.5. The highest BCUT2D eigenvalue weighted by Crippen LogP contribution is 2.43. The van der Waals surface area contributed by atoms with Crippen molar-refractivity contribution in [3.63, 3.8) is 0 Å². The molecule has 0 bridgehead atoms. The molecule has 3 atom stereocenters. The maximum Gasteiger partial charge on any atom is 0.472 e. The molecule has 0 aromatic rings. The van der Waals surface area contributed by atoms with E-state index in [0.29, 0.717) is 12.8 Å². The quantitative estimate of drug-likeness (QED) is 0.0211. The van der Waals surface area contributed by atoms with Crippen LogP contribution in [-0.4, -0.2) is 64.9 Å². The van der Waals surface area contributed by atoms with Gasteiger partial charge < -0.3 is 25.2 Å². The number of hydrogen-bond donors (Lipinski definition) is 4. The minimum Gasteiger partial charge on any atom is -0.480 e. The predicted molar refractivity (Wildman–Crippen MR) is 199 cm³/mol. The Kier molecular flexibility index (Phi) is 32.7. The molecule has 0 aliphatic heterocycles. The number of aliphatic hydroxyl groups excluding tert-OH is 1. The van der Waals surface area contributed by atoms with Gasteiger partial charge in [-0.05, 0) is 44.9 Å². The molecule has 0 saturated heterocycles. The van der Waals surface area contributed by atoms with E-state index in [1.807, 2.05) is 6.92 Å². The zero-order valence-electron chi connectivity index (χ0n) is 31.2. The molecule has 292 valence electrons. The van der Waals surface area contributed by atoms with Crippen molar-refractivity contribution >= 4 is 25.7 Å². The van der Waals surface area contributed by atoms with E-state index in [0.717, 1.165) is 38.5 Å². The summed E-state index contributed by atoms with van der Waals surface area (Å²) in [5.41, 5.74) is 0. The molecule has 50 heavy (non-hydrogen) atoms. The molecule has 3 unspecified atom stereocenters. The van der Waals surface area contributed by atoms with Crippen LogP contribution in [0.2, 0.25) is 0 Å². The molecule has 0 rings (SSSR count). The highest BCUT2D eigenvalue weighted by molar-refractivity contribution is 7.47. The van der Waals surface area contributed by atoms with Gasteiger partial charge in [0.05, 0.1) is 13.2 Å². The Balaban J connectivity index is 3.70. The van der Waals surface area contributed by atoms with Crippen LogP contribution in [0.1, 0.15) is 168 Å². The molecule has 0 radical (unpaired) electrons. The number of carbonyl (C=O) groups is 3. The Labute approximate surface area is 302 Å². The van der Waals surface area contributed by atoms with Crippen LogP contribution in [0.5, 0.6) is 0 Å². The van der Waals surface area contributed by atoms with Crippen molar-refractivity contribution in [3.8, 4) is 0 Å². The first-order chi connectivity index (χ1) is 24.1. The molecule has 12 heteroatoms. The number of hydrogen-bond acceptors (Lipinski definition) is 8. The number of ether oxygens (including phenoxy) is 1. The summed E-state index contributed by atoms with van der Waals surface area (Å²) in [7, 11) is -4.73. The monoisotopic (exact) mass is 731 g/mol. The number of amides is 1. The average molecular weight is 732 g/mol. The van der Waals surface area contributed by atoms with E-state index in [2.05, 4.69) is 45.6 Å². The second-order valence-corrected chi connectivity index (χ2v) is 14.6. The molecular weight excluding hydrogens is 661 g/mol. The number of esters is 1. The first-order valence-corrected chi connectivity index (χ1v) is 20.9. The number of unbranched alkanes of at least 4 members (excludes halogenated alkanes) is 18. The third kappa shape index (κ3) is 33.1. The van der Waals surface area contributed by atoms with Gasteiger partial charge in [0.15, 0.2) is 6.04 Å². The second-order valence-electron chi connectivity index (χ2n) is 13.1. The highest BCUT2D eigenvalue weighted by Gasteiger charge is 2.28. The maximum absolute atomic E-state index is 12.1. The molecule has 0 heterocycles. The number of carbonyl (C=O) groups excluding carboxylic acids is 2. The number of phosphoric ester groups is 1. The number of carboxylic acid groups (broad SMARTS) is 1. The van der Waals surface area contributed by atoms with E-state index < -0.39 is 57.6 Å². The van der Waals surface area contributed by atoms with E-state index in [9.17, 15) is 34.1 Å². The Hall–Kier alpha value is -2.04. The highest BCUT2D eigenvalue weighted by atomic mass is 31.2. The average Bonchev–Trinajstić information content (AvgIpc) is 3.08. The third-order valence-electron chi connectivity index (χ3n) is 8.24. The number of carboxylic acids is 1. The molecular formula is C38H70NO10P. The molecule has 0 aromatic carbocycles. The van der Waals surface area contributed by atoms with Crippen LogP contribution >= 0.6 is 7.82 Å².